The van der Waals surface area contributed by atoms with Crippen molar-refractivity contribution in [2.24, 2.45) is 5.92 Å². The number of likely N-dealkylation sites (tertiary alicyclic amines) is 1. The molecule has 21 heavy (non-hydrogen) atoms. The van der Waals surface area contributed by atoms with Gasteiger partial charge in [0, 0.05) is 52.2 Å². The van der Waals surface area contributed by atoms with Gasteiger partial charge in [-0.2, -0.15) is 0 Å². The van der Waals surface area contributed by atoms with Gasteiger partial charge < -0.3 is 14.5 Å². The zero-order chi connectivity index (χ0) is 14.5. The predicted octanol–water partition coefficient (Wildman–Crippen LogP) is 1.80. The first-order valence-electron chi connectivity index (χ1n) is 8.12. The van der Waals surface area contributed by atoms with Crippen LogP contribution in [-0.4, -0.2) is 60.8 Å². The van der Waals surface area contributed by atoms with E-state index in [1.807, 2.05) is 25.6 Å². The van der Waals surface area contributed by atoms with E-state index in [9.17, 15) is 0 Å². The van der Waals surface area contributed by atoms with Crippen molar-refractivity contribution in [1.82, 2.24) is 14.9 Å². The fourth-order valence-electron chi connectivity index (χ4n) is 3.46. The summed E-state index contributed by atoms with van der Waals surface area (Å²) < 4.78 is 5.45. The van der Waals surface area contributed by atoms with Gasteiger partial charge in [0.1, 0.15) is 0 Å². The Labute approximate surface area is 127 Å². The highest BCUT2D eigenvalue weighted by Crippen LogP contribution is 2.23. The minimum atomic E-state index is 0.485. The summed E-state index contributed by atoms with van der Waals surface area (Å²) in [4.78, 5) is 13.6. The smallest absolute Gasteiger partial charge is 0.225 e. The van der Waals surface area contributed by atoms with Crippen molar-refractivity contribution in [2.75, 3.05) is 44.7 Å². The average molecular weight is 290 g/mol. The van der Waals surface area contributed by atoms with E-state index in [0.717, 1.165) is 25.0 Å². The van der Waals surface area contributed by atoms with E-state index < -0.39 is 0 Å². The molecule has 3 heterocycles. The minimum Gasteiger partial charge on any atom is -0.381 e. The summed E-state index contributed by atoms with van der Waals surface area (Å²) in [5.41, 5.74) is 0. The summed E-state index contributed by atoms with van der Waals surface area (Å²) in [6.07, 6.45) is 9.02. The minimum absolute atomic E-state index is 0.485. The van der Waals surface area contributed by atoms with Crippen LogP contribution in [0.3, 0.4) is 0 Å². The van der Waals surface area contributed by atoms with E-state index in [1.54, 1.807) is 0 Å². The van der Waals surface area contributed by atoms with Crippen LogP contribution in [0.4, 0.5) is 5.95 Å². The van der Waals surface area contributed by atoms with Crippen LogP contribution in [0.5, 0.6) is 0 Å². The molecule has 1 aromatic heterocycles. The van der Waals surface area contributed by atoms with Gasteiger partial charge in [-0.15, -0.1) is 0 Å². The first kappa shape index (κ1) is 14.7. The summed E-state index contributed by atoms with van der Waals surface area (Å²) in [6.45, 7) is 5.81. The van der Waals surface area contributed by atoms with E-state index in [-0.39, 0.29) is 0 Å². The molecule has 3 rings (SSSR count). The van der Waals surface area contributed by atoms with Crippen LogP contribution in [-0.2, 0) is 4.74 Å². The van der Waals surface area contributed by atoms with Crippen LogP contribution >= 0.6 is 0 Å². The molecule has 0 spiro atoms. The SMILES string of the molecule is COC1CCN(CC2CCN(c3ncccn3)CC2)CC1. The highest BCUT2D eigenvalue weighted by Gasteiger charge is 2.25. The van der Waals surface area contributed by atoms with Crippen molar-refractivity contribution in [3.8, 4) is 0 Å². The molecule has 0 radical (unpaired) electrons. The molecule has 0 N–H and O–H groups in total. The lowest BCUT2D eigenvalue weighted by atomic mass is 9.95. The van der Waals surface area contributed by atoms with Gasteiger partial charge >= 0.3 is 0 Å². The molecular weight excluding hydrogens is 264 g/mol. The summed E-state index contributed by atoms with van der Waals surface area (Å²) in [7, 11) is 1.84. The summed E-state index contributed by atoms with van der Waals surface area (Å²) in [5, 5.41) is 0. The third kappa shape index (κ3) is 3.92. The highest BCUT2D eigenvalue weighted by atomic mass is 16.5. The quantitative estimate of drug-likeness (QED) is 0.846. The van der Waals surface area contributed by atoms with Gasteiger partial charge in [0.15, 0.2) is 0 Å². The maximum absolute atomic E-state index is 5.45. The number of hydrogen-bond donors (Lipinski definition) is 0. The molecule has 2 aliphatic rings. The van der Waals surface area contributed by atoms with Crippen LogP contribution in [0.15, 0.2) is 18.5 Å². The van der Waals surface area contributed by atoms with E-state index in [1.165, 1.54) is 45.3 Å². The topological polar surface area (TPSA) is 41.5 Å². The molecule has 2 fully saturated rings. The Bertz CT molecular complexity index is 412. The first-order chi connectivity index (χ1) is 10.3. The fourth-order valence-corrected chi connectivity index (χ4v) is 3.46. The third-order valence-electron chi connectivity index (χ3n) is 4.83. The van der Waals surface area contributed by atoms with Gasteiger partial charge in [-0.05, 0) is 37.7 Å². The van der Waals surface area contributed by atoms with Gasteiger partial charge in [0.2, 0.25) is 5.95 Å². The Morgan fingerprint density at radius 3 is 2.33 bits per heavy atom. The molecule has 0 aliphatic carbocycles. The Morgan fingerprint density at radius 2 is 1.71 bits per heavy atom. The Morgan fingerprint density at radius 1 is 1.05 bits per heavy atom. The maximum atomic E-state index is 5.45. The van der Waals surface area contributed by atoms with Gasteiger partial charge in [0.25, 0.3) is 0 Å². The lowest BCUT2D eigenvalue weighted by Gasteiger charge is -2.37. The molecule has 2 saturated heterocycles. The lowest BCUT2D eigenvalue weighted by molar-refractivity contribution is 0.0353. The number of piperidine rings is 2. The number of methoxy groups -OCH3 is 1. The molecule has 0 aromatic carbocycles. The second kappa shape index (κ2) is 7.18. The maximum Gasteiger partial charge on any atom is 0.225 e. The molecule has 0 amide bonds. The van der Waals surface area contributed by atoms with Crippen molar-refractivity contribution >= 4 is 5.95 Å². The van der Waals surface area contributed by atoms with Crippen LogP contribution < -0.4 is 4.90 Å². The molecule has 0 saturated carbocycles. The van der Waals surface area contributed by atoms with Gasteiger partial charge in [0.05, 0.1) is 6.10 Å². The monoisotopic (exact) mass is 290 g/mol. The van der Waals surface area contributed by atoms with Gasteiger partial charge in [-0.3, -0.25) is 0 Å². The molecule has 5 nitrogen and oxygen atoms in total. The van der Waals surface area contributed by atoms with E-state index in [2.05, 4.69) is 19.8 Å². The molecule has 1 aromatic rings. The Kier molecular flexibility index (Phi) is 5.04. The number of rotatable bonds is 4. The van der Waals surface area contributed by atoms with Crippen molar-refractivity contribution < 1.29 is 4.74 Å². The summed E-state index contributed by atoms with van der Waals surface area (Å²) in [5.74, 6) is 1.71. The Balaban J connectivity index is 1.42. The predicted molar refractivity (Wildman–Crippen MR) is 83.4 cm³/mol. The molecule has 116 valence electrons. The molecule has 5 heteroatoms. The van der Waals surface area contributed by atoms with Crippen molar-refractivity contribution in [1.29, 1.82) is 0 Å². The van der Waals surface area contributed by atoms with Crippen molar-refractivity contribution in [3.63, 3.8) is 0 Å². The lowest BCUT2D eigenvalue weighted by Crippen LogP contribution is -2.43. The normalized spacial score (nSPS) is 22.6. The second-order valence-electron chi connectivity index (χ2n) is 6.21. The van der Waals surface area contributed by atoms with E-state index in [4.69, 9.17) is 4.74 Å². The number of aromatic nitrogens is 2. The number of nitrogens with zero attached hydrogens (tertiary/aromatic N) is 4. The van der Waals surface area contributed by atoms with Crippen molar-refractivity contribution in [3.05, 3.63) is 18.5 Å². The molecular formula is C16H26N4O. The highest BCUT2D eigenvalue weighted by molar-refractivity contribution is 5.28. The number of hydrogen-bond acceptors (Lipinski definition) is 5. The van der Waals surface area contributed by atoms with Crippen LogP contribution in [0.1, 0.15) is 25.7 Å². The zero-order valence-corrected chi connectivity index (χ0v) is 12.9. The molecule has 2 aliphatic heterocycles. The van der Waals surface area contributed by atoms with Crippen LogP contribution in [0.2, 0.25) is 0 Å². The first-order valence-corrected chi connectivity index (χ1v) is 8.12. The van der Waals surface area contributed by atoms with Gasteiger partial charge in [-0.25, -0.2) is 9.97 Å². The number of anilines is 1. The van der Waals surface area contributed by atoms with Crippen molar-refractivity contribution in [2.45, 2.75) is 31.8 Å². The molecule has 0 bridgehead atoms. The van der Waals surface area contributed by atoms with Gasteiger partial charge in [-0.1, -0.05) is 0 Å². The Hall–Kier alpha value is -1.20. The standard InChI is InChI=1S/C16H26N4O/c1-21-15-5-9-19(10-6-15)13-14-3-11-20(12-4-14)16-17-7-2-8-18-16/h2,7-8,14-15H,3-6,9-13H2,1H3. The van der Waals surface area contributed by atoms with E-state index in [0.29, 0.717) is 6.10 Å². The summed E-state index contributed by atoms with van der Waals surface area (Å²) >= 11 is 0. The zero-order valence-electron chi connectivity index (χ0n) is 12.9. The third-order valence-corrected chi connectivity index (χ3v) is 4.83. The number of ether oxygens (including phenoxy) is 1. The molecule has 0 atom stereocenters. The largest absolute Gasteiger partial charge is 0.381 e. The van der Waals surface area contributed by atoms with E-state index >= 15 is 0 Å². The fraction of sp³-hybridized carbons (Fsp3) is 0.750. The average Bonchev–Trinajstić information content (AvgIpc) is 2.57. The van der Waals surface area contributed by atoms with Crippen LogP contribution in [0, 0.1) is 5.92 Å². The molecule has 0 unspecified atom stereocenters. The summed E-state index contributed by atoms with van der Waals surface area (Å²) in [6, 6.07) is 1.87. The van der Waals surface area contributed by atoms with Crippen LogP contribution in [0.25, 0.3) is 0 Å². The second-order valence-corrected chi connectivity index (χ2v) is 6.21.